The molecule has 26 heavy (non-hydrogen) atoms. The van der Waals surface area contributed by atoms with Crippen molar-refractivity contribution in [3.63, 3.8) is 0 Å². The van der Waals surface area contributed by atoms with Crippen molar-refractivity contribution < 1.29 is 4.79 Å². The summed E-state index contributed by atoms with van der Waals surface area (Å²) in [7, 11) is 0. The third-order valence-electron chi connectivity index (χ3n) is 5.22. The largest absolute Gasteiger partial charge is 0.326 e. The Morgan fingerprint density at radius 3 is 2.96 bits per heavy atom. The van der Waals surface area contributed by atoms with Crippen molar-refractivity contribution in [1.29, 1.82) is 0 Å². The zero-order chi connectivity index (χ0) is 17.9. The Labute approximate surface area is 158 Å². The minimum atomic E-state index is 0.0449. The number of aromatic nitrogens is 3. The topological polar surface area (TPSA) is 59.8 Å². The van der Waals surface area contributed by atoms with Crippen LogP contribution < -0.4 is 5.32 Å². The van der Waals surface area contributed by atoms with E-state index in [0.717, 1.165) is 68.0 Å². The highest BCUT2D eigenvalue weighted by Crippen LogP contribution is 2.31. The molecular formula is C20H23ClN4O. The molecule has 2 aromatic rings. The van der Waals surface area contributed by atoms with Crippen LogP contribution in [0.1, 0.15) is 44.3 Å². The maximum absolute atomic E-state index is 12.5. The zero-order valence-corrected chi connectivity index (χ0v) is 15.5. The first-order chi connectivity index (χ1) is 12.7. The molecule has 0 fully saturated rings. The molecule has 0 unspecified atom stereocenters. The maximum Gasteiger partial charge on any atom is 0.227 e. The molecule has 1 aliphatic carbocycles. The Morgan fingerprint density at radius 1 is 1.19 bits per heavy atom. The summed E-state index contributed by atoms with van der Waals surface area (Å²) < 4.78 is 2.17. The van der Waals surface area contributed by atoms with Gasteiger partial charge in [-0.2, -0.15) is 0 Å². The fourth-order valence-corrected chi connectivity index (χ4v) is 3.94. The van der Waals surface area contributed by atoms with Gasteiger partial charge in [0.05, 0.1) is 5.02 Å². The molecular weight excluding hydrogens is 348 g/mol. The predicted molar refractivity (Wildman–Crippen MR) is 103 cm³/mol. The molecule has 6 heteroatoms. The van der Waals surface area contributed by atoms with Crippen molar-refractivity contribution >= 4 is 23.2 Å². The van der Waals surface area contributed by atoms with Gasteiger partial charge < -0.3 is 9.88 Å². The number of nitrogens with one attached hydrogen (secondary N) is 1. The number of anilines is 1. The smallest absolute Gasteiger partial charge is 0.227 e. The molecule has 5 nitrogen and oxygen atoms in total. The van der Waals surface area contributed by atoms with Crippen LogP contribution in [0, 0.1) is 5.92 Å². The van der Waals surface area contributed by atoms with Gasteiger partial charge in [0.15, 0.2) is 5.82 Å². The van der Waals surface area contributed by atoms with Gasteiger partial charge in [0, 0.05) is 30.1 Å². The van der Waals surface area contributed by atoms with E-state index in [1.54, 1.807) is 0 Å². The second kappa shape index (κ2) is 7.62. The number of allylic oxidation sites excluding steroid dienone is 2. The summed E-state index contributed by atoms with van der Waals surface area (Å²) in [6.07, 6.45) is 11.4. The molecule has 1 aliphatic heterocycles. The van der Waals surface area contributed by atoms with Crippen molar-refractivity contribution in [2.45, 2.75) is 51.5 Å². The lowest BCUT2D eigenvalue weighted by molar-refractivity contribution is -0.120. The highest BCUT2D eigenvalue weighted by Gasteiger charge is 2.21. The van der Waals surface area contributed by atoms with Crippen molar-refractivity contribution in [1.82, 2.24) is 14.8 Å². The minimum Gasteiger partial charge on any atom is -0.326 e. The molecule has 2 heterocycles. The Kier molecular flexibility index (Phi) is 5.07. The number of rotatable bonds is 3. The monoisotopic (exact) mass is 370 g/mol. The van der Waals surface area contributed by atoms with Crippen LogP contribution in [0.15, 0.2) is 30.4 Å². The number of hydrogen-bond acceptors (Lipinski definition) is 3. The summed E-state index contributed by atoms with van der Waals surface area (Å²) in [6, 6.07) is 5.59. The Bertz CT molecular complexity index is 842. The number of halogens is 1. The molecule has 4 rings (SSSR count). The van der Waals surface area contributed by atoms with E-state index < -0.39 is 0 Å². The van der Waals surface area contributed by atoms with Crippen molar-refractivity contribution in [3.05, 3.63) is 41.2 Å². The number of aryl methyl sites for hydroxylation is 1. The molecule has 1 amide bonds. The highest BCUT2D eigenvalue weighted by molar-refractivity contribution is 6.33. The lowest BCUT2D eigenvalue weighted by Gasteiger charge is -2.18. The first kappa shape index (κ1) is 17.3. The molecule has 1 atom stereocenters. The quantitative estimate of drug-likeness (QED) is 0.802. The number of hydrogen-bond donors (Lipinski definition) is 1. The first-order valence-electron chi connectivity index (χ1n) is 9.40. The predicted octanol–water partition coefficient (Wildman–Crippen LogP) is 4.62. The number of benzene rings is 1. The molecule has 0 saturated heterocycles. The zero-order valence-electron chi connectivity index (χ0n) is 14.7. The molecule has 0 spiro atoms. The molecule has 136 valence electrons. The van der Waals surface area contributed by atoms with Gasteiger partial charge in [-0.3, -0.25) is 4.79 Å². The van der Waals surface area contributed by atoms with Gasteiger partial charge in [-0.15, -0.1) is 10.2 Å². The third kappa shape index (κ3) is 3.54. The number of nitrogens with zero attached hydrogens (tertiary/aromatic N) is 3. The SMILES string of the molecule is O=C(Nc1ccc(Cl)c(-c2nnc3n2CCCCC3)c1)[C@@H]1CC=CCC1. The van der Waals surface area contributed by atoms with E-state index in [2.05, 4.69) is 32.2 Å². The second-order valence-corrected chi connectivity index (χ2v) is 7.47. The van der Waals surface area contributed by atoms with Crippen LogP contribution in [0.25, 0.3) is 11.4 Å². The minimum absolute atomic E-state index is 0.0449. The molecule has 1 aromatic heterocycles. The molecule has 2 aliphatic rings. The Morgan fingerprint density at radius 2 is 2.12 bits per heavy atom. The summed E-state index contributed by atoms with van der Waals surface area (Å²) in [4.78, 5) is 12.5. The lowest BCUT2D eigenvalue weighted by atomic mass is 9.93. The molecule has 0 bridgehead atoms. The fraction of sp³-hybridized carbons (Fsp3) is 0.450. The van der Waals surface area contributed by atoms with Gasteiger partial charge in [-0.1, -0.05) is 30.2 Å². The van der Waals surface area contributed by atoms with Gasteiger partial charge in [0.25, 0.3) is 0 Å². The van der Waals surface area contributed by atoms with Crippen LogP contribution in [0.4, 0.5) is 5.69 Å². The van der Waals surface area contributed by atoms with E-state index in [1.807, 2.05) is 18.2 Å². The van der Waals surface area contributed by atoms with Gasteiger partial charge in [0.1, 0.15) is 5.82 Å². The second-order valence-electron chi connectivity index (χ2n) is 7.07. The average molecular weight is 371 g/mol. The number of fused-ring (bicyclic) bond motifs is 1. The number of carbonyl (C=O) groups is 1. The number of amides is 1. The fourth-order valence-electron chi connectivity index (χ4n) is 3.73. The average Bonchev–Trinajstić information content (AvgIpc) is 2.92. The summed E-state index contributed by atoms with van der Waals surface area (Å²) in [5.74, 6) is 1.94. The Balaban J connectivity index is 1.60. The molecule has 1 aromatic carbocycles. The van der Waals surface area contributed by atoms with Crippen molar-refractivity contribution in [2.24, 2.45) is 5.92 Å². The molecule has 0 saturated carbocycles. The Hall–Kier alpha value is -2.14. The van der Waals surface area contributed by atoms with Gasteiger partial charge in [-0.25, -0.2) is 0 Å². The van der Waals surface area contributed by atoms with Crippen molar-refractivity contribution in [3.8, 4) is 11.4 Å². The standard InChI is InChI=1S/C20H23ClN4O/c21-17-11-10-15(22-20(26)14-7-3-1-4-8-14)13-16(17)19-24-23-18-9-5-2-6-12-25(18)19/h1,3,10-11,13-14H,2,4-9,12H2,(H,22,26)/t14-/m1/s1. The van der Waals surface area contributed by atoms with E-state index in [4.69, 9.17) is 11.6 Å². The third-order valence-corrected chi connectivity index (χ3v) is 5.55. The van der Waals surface area contributed by atoms with Crippen LogP contribution in [0.3, 0.4) is 0 Å². The van der Waals surface area contributed by atoms with Crippen LogP contribution >= 0.6 is 11.6 Å². The summed E-state index contributed by atoms with van der Waals surface area (Å²) in [5.41, 5.74) is 1.59. The van der Waals surface area contributed by atoms with Gasteiger partial charge >= 0.3 is 0 Å². The first-order valence-corrected chi connectivity index (χ1v) is 9.78. The van der Waals surface area contributed by atoms with Gasteiger partial charge in [-0.05, 0) is 50.3 Å². The summed E-state index contributed by atoms with van der Waals surface area (Å²) >= 11 is 6.45. The van der Waals surface area contributed by atoms with Crippen LogP contribution in [-0.4, -0.2) is 20.7 Å². The molecule has 1 N–H and O–H groups in total. The van der Waals surface area contributed by atoms with Crippen LogP contribution in [-0.2, 0) is 17.8 Å². The van der Waals surface area contributed by atoms with Crippen LogP contribution in [0.5, 0.6) is 0 Å². The van der Waals surface area contributed by atoms with E-state index in [9.17, 15) is 4.79 Å². The highest BCUT2D eigenvalue weighted by atomic mass is 35.5. The van der Waals surface area contributed by atoms with E-state index >= 15 is 0 Å². The normalized spacial score (nSPS) is 19.7. The van der Waals surface area contributed by atoms with E-state index in [1.165, 1.54) is 6.42 Å². The number of carbonyl (C=O) groups excluding carboxylic acids is 1. The summed E-state index contributed by atoms with van der Waals surface area (Å²) in [5, 5.41) is 12.4. The van der Waals surface area contributed by atoms with Crippen molar-refractivity contribution in [2.75, 3.05) is 5.32 Å². The molecule has 0 radical (unpaired) electrons. The van der Waals surface area contributed by atoms with E-state index in [-0.39, 0.29) is 11.8 Å². The van der Waals surface area contributed by atoms with Gasteiger partial charge in [0.2, 0.25) is 5.91 Å². The van der Waals surface area contributed by atoms with Crippen LogP contribution in [0.2, 0.25) is 5.02 Å². The van der Waals surface area contributed by atoms with E-state index in [0.29, 0.717) is 5.02 Å². The summed E-state index contributed by atoms with van der Waals surface area (Å²) in [6.45, 7) is 0.916. The maximum atomic E-state index is 12.5. The lowest BCUT2D eigenvalue weighted by Crippen LogP contribution is -2.23.